The monoisotopic (exact) mass is 402 g/mol. The average molecular weight is 402 g/mol. The molecule has 0 fully saturated rings. The van der Waals surface area contributed by atoms with Crippen LogP contribution in [0.1, 0.15) is 16.7 Å². The summed E-state index contributed by atoms with van der Waals surface area (Å²) in [6.45, 7) is 2.34. The number of ether oxygens (including phenoxy) is 2. The number of rotatable bonds is 7. The van der Waals surface area contributed by atoms with Crippen LogP contribution in [0.4, 0.5) is 0 Å². The second-order valence-corrected chi connectivity index (χ2v) is 6.61. The van der Waals surface area contributed by atoms with Crippen molar-refractivity contribution in [1.82, 2.24) is 15.5 Å². The number of benzene rings is 2. The molecule has 0 unspecified atom stereocenters. The minimum atomic E-state index is -0.447. The van der Waals surface area contributed by atoms with Crippen LogP contribution in [0.25, 0.3) is 17.3 Å². The second kappa shape index (κ2) is 9.43. The van der Waals surface area contributed by atoms with E-state index in [0.29, 0.717) is 29.3 Å². The molecule has 7 nitrogen and oxygen atoms in total. The Morgan fingerprint density at radius 2 is 1.90 bits per heavy atom. The standard InChI is InChI=1S/C23H22N4O3/c1-15-4-6-16(7-5-15)13-25-23(28)18(12-24)10-19-14-26-27-22(19)17-8-9-20(29-2)21(11-17)30-3/h4-11,14H,13H2,1-3H3,(H,25,28)(H,26,27)/b18-10+. The first-order valence-electron chi connectivity index (χ1n) is 9.27. The molecule has 1 amide bonds. The lowest BCUT2D eigenvalue weighted by atomic mass is 10.1. The number of H-pyrrole nitrogens is 1. The van der Waals surface area contributed by atoms with E-state index in [-0.39, 0.29) is 5.57 Å². The fourth-order valence-electron chi connectivity index (χ4n) is 2.92. The Labute approximate surface area is 175 Å². The fraction of sp³-hybridized carbons (Fsp3) is 0.174. The van der Waals surface area contributed by atoms with Gasteiger partial charge in [-0.1, -0.05) is 29.8 Å². The second-order valence-electron chi connectivity index (χ2n) is 6.61. The van der Waals surface area contributed by atoms with Gasteiger partial charge in [-0.15, -0.1) is 0 Å². The Balaban J connectivity index is 1.82. The van der Waals surface area contributed by atoms with Crippen molar-refractivity contribution in [1.29, 1.82) is 5.26 Å². The van der Waals surface area contributed by atoms with Crippen molar-refractivity contribution in [2.75, 3.05) is 14.2 Å². The van der Waals surface area contributed by atoms with E-state index in [1.807, 2.05) is 43.3 Å². The minimum absolute atomic E-state index is 0.00904. The number of amides is 1. The third-order valence-corrected chi connectivity index (χ3v) is 4.58. The highest BCUT2D eigenvalue weighted by molar-refractivity contribution is 6.02. The minimum Gasteiger partial charge on any atom is -0.493 e. The van der Waals surface area contributed by atoms with Crippen LogP contribution in [0.2, 0.25) is 0 Å². The van der Waals surface area contributed by atoms with Gasteiger partial charge in [0.15, 0.2) is 11.5 Å². The molecule has 0 atom stereocenters. The molecule has 30 heavy (non-hydrogen) atoms. The number of carbonyl (C=O) groups excluding carboxylic acids is 1. The maximum Gasteiger partial charge on any atom is 0.262 e. The van der Waals surface area contributed by atoms with E-state index in [1.165, 1.54) is 6.08 Å². The third-order valence-electron chi connectivity index (χ3n) is 4.58. The van der Waals surface area contributed by atoms with E-state index in [1.54, 1.807) is 32.5 Å². The molecule has 0 spiro atoms. The third kappa shape index (κ3) is 4.67. The lowest BCUT2D eigenvalue weighted by Crippen LogP contribution is -2.23. The number of carbonyl (C=O) groups is 1. The summed E-state index contributed by atoms with van der Waals surface area (Å²) in [5.41, 5.74) is 4.16. The maximum atomic E-state index is 12.5. The number of methoxy groups -OCH3 is 2. The Morgan fingerprint density at radius 1 is 1.17 bits per heavy atom. The van der Waals surface area contributed by atoms with Crippen molar-refractivity contribution in [2.24, 2.45) is 0 Å². The van der Waals surface area contributed by atoms with Crippen LogP contribution in [-0.2, 0) is 11.3 Å². The predicted molar refractivity (Wildman–Crippen MR) is 114 cm³/mol. The molecule has 0 radical (unpaired) electrons. The summed E-state index contributed by atoms with van der Waals surface area (Å²) in [6.07, 6.45) is 3.08. The number of aryl methyl sites for hydroxylation is 1. The maximum absolute atomic E-state index is 12.5. The van der Waals surface area contributed by atoms with Crippen molar-refractivity contribution in [3.63, 3.8) is 0 Å². The Morgan fingerprint density at radius 3 is 2.57 bits per heavy atom. The number of aromatic amines is 1. The van der Waals surface area contributed by atoms with E-state index < -0.39 is 5.91 Å². The van der Waals surface area contributed by atoms with Gasteiger partial charge in [0, 0.05) is 17.7 Å². The molecule has 0 saturated carbocycles. The number of hydrogen-bond acceptors (Lipinski definition) is 5. The highest BCUT2D eigenvalue weighted by Crippen LogP contribution is 2.33. The highest BCUT2D eigenvalue weighted by atomic mass is 16.5. The number of nitriles is 1. The molecule has 152 valence electrons. The largest absolute Gasteiger partial charge is 0.493 e. The van der Waals surface area contributed by atoms with Crippen LogP contribution in [0.15, 0.2) is 54.2 Å². The molecule has 1 heterocycles. The molecular formula is C23H22N4O3. The molecule has 3 rings (SSSR count). The van der Waals surface area contributed by atoms with Gasteiger partial charge in [0.25, 0.3) is 5.91 Å². The van der Waals surface area contributed by atoms with Crippen molar-refractivity contribution in [3.05, 3.63) is 70.9 Å². The lowest BCUT2D eigenvalue weighted by molar-refractivity contribution is -0.117. The molecular weight excluding hydrogens is 380 g/mol. The van der Waals surface area contributed by atoms with Gasteiger partial charge in [-0.2, -0.15) is 10.4 Å². The zero-order valence-corrected chi connectivity index (χ0v) is 17.0. The molecule has 0 aliphatic rings. The van der Waals surface area contributed by atoms with Gasteiger partial charge in [-0.25, -0.2) is 0 Å². The summed E-state index contributed by atoms with van der Waals surface area (Å²) in [5.74, 6) is 0.722. The topological polar surface area (TPSA) is 100 Å². The first-order chi connectivity index (χ1) is 14.5. The fourth-order valence-corrected chi connectivity index (χ4v) is 2.92. The predicted octanol–water partition coefficient (Wildman–Crippen LogP) is 3.63. The molecule has 0 aliphatic heterocycles. The van der Waals surface area contributed by atoms with Crippen LogP contribution in [0.5, 0.6) is 11.5 Å². The summed E-state index contributed by atoms with van der Waals surface area (Å²) in [4.78, 5) is 12.5. The number of hydrogen-bond donors (Lipinski definition) is 2. The van der Waals surface area contributed by atoms with E-state index >= 15 is 0 Å². The molecule has 0 bridgehead atoms. The molecule has 1 aromatic heterocycles. The van der Waals surface area contributed by atoms with Crippen LogP contribution in [0, 0.1) is 18.3 Å². The summed E-state index contributed by atoms with van der Waals surface area (Å²) in [6, 6.07) is 15.2. The Kier molecular flexibility index (Phi) is 6.50. The Hall–Kier alpha value is -4.05. The molecule has 3 aromatic rings. The summed E-state index contributed by atoms with van der Waals surface area (Å²) in [7, 11) is 3.12. The summed E-state index contributed by atoms with van der Waals surface area (Å²) >= 11 is 0. The zero-order chi connectivity index (χ0) is 21.5. The van der Waals surface area contributed by atoms with Crippen LogP contribution >= 0.6 is 0 Å². The van der Waals surface area contributed by atoms with Gasteiger partial charge in [-0.05, 0) is 36.8 Å². The number of nitrogens with one attached hydrogen (secondary N) is 2. The molecule has 7 heteroatoms. The average Bonchev–Trinajstić information content (AvgIpc) is 3.24. The van der Waals surface area contributed by atoms with Crippen molar-refractivity contribution in [3.8, 4) is 28.8 Å². The number of aromatic nitrogens is 2. The van der Waals surface area contributed by atoms with Crippen LogP contribution in [0.3, 0.4) is 0 Å². The zero-order valence-electron chi connectivity index (χ0n) is 17.0. The number of nitrogens with zero attached hydrogens (tertiary/aromatic N) is 2. The van der Waals surface area contributed by atoms with Crippen molar-refractivity contribution in [2.45, 2.75) is 13.5 Å². The van der Waals surface area contributed by atoms with Crippen molar-refractivity contribution < 1.29 is 14.3 Å². The van der Waals surface area contributed by atoms with E-state index in [9.17, 15) is 10.1 Å². The van der Waals surface area contributed by atoms with Gasteiger partial charge in [-0.3, -0.25) is 9.89 Å². The van der Waals surface area contributed by atoms with Gasteiger partial charge in [0.05, 0.1) is 26.1 Å². The van der Waals surface area contributed by atoms with Gasteiger partial charge >= 0.3 is 0 Å². The molecule has 2 N–H and O–H groups in total. The van der Waals surface area contributed by atoms with E-state index in [2.05, 4.69) is 15.5 Å². The normalized spacial score (nSPS) is 10.9. The SMILES string of the molecule is COc1ccc(-c2[nH]ncc2/C=C(\C#N)C(=O)NCc2ccc(C)cc2)cc1OC. The van der Waals surface area contributed by atoms with Gasteiger partial charge in [0.1, 0.15) is 11.6 Å². The van der Waals surface area contributed by atoms with E-state index in [0.717, 1.165) is 16.7 Å². The van der Waals surface area contributed by atoms with Crippen LogP contribution in [-0.4, -0.2) is 30.3 Å². The van der Waals surface area contributed by atoms with Crippen molar-refractivity contribution >= 4 is 12.0 Å². The summed E-state index contributed by atoms with van der Waals surface area (Å²) in [5, 5.41) is 19.2. The first kappa shape index (κ1) is 20.7. The molecule has 0 aliphatic carbocycles. The van der Waals surface area contributed by atoms with Gasteiger partial charge < -0.3 is 14.8 Å². The molecule has 2 aromatic carbocycles. The smallest absolute Gasteiger partial charge is 0.262 e. The van der Waals surface area contributed by atoms with E-state index in [4.69, 9.17) is 9.47 Å². The quantitative estimate of drug-likeness (QED) is 0.464. The first-order valence-corrected chi connectivity index (χ1v) is 9.27. The van der Waals surface area contributed by atoms with Crippen LogP contribution < -0.4 is 14.8 Å². The summed E-state index contributed by atoms with van der Waals surface area (Å²) < 4.78 is 10.6. The lowest BCUT2D eigenvalue weighted by Gasteiger charge is -2.09. The highest BCUT2D eigenvalue weighted by Gasteiger charge is 2.14. The Bertz CT molecular complexity index is 1110. The van der Waals surface area contributed by atoms with Gasteiger partial charge in [0.2, 0.25) is 0 Å². The molecule has 0 saturated heterocycles.